The Morgan fingerprint density at radius 3 is 0.818 bits per heavy atom. The van der Waals surface area contributed by atoms with Crippen LogP contribution in [0.1, 0.15) is 6.42 Å². The number of benzene rings is 4. The number of carboxylic acids is 2. The zero-order valence-corrected chi connectivity index (χ0v) is 22.0. The maximum atomic E-state index is 9.28. The number of carboxylic acid groups (broad SMARTS) is 2. The third-order valence-electron chi connectivity index (χ3n) is 3.66. The lowest BCUT2D eigenvalue weighted by Gasteiger charge is -1.99. The maximum absolute atomic E-state index is 9.28. The molecule has 0 saturated heterocycles. The van der Waals surface area contributed by atoms with Crippen molar-refractivity contribution in [1.82, 2.24) is 0 Å². The van der Waals surface area contributed by atoms with Crippen molar-refractivity contribution in [2.24, 2.45) is 0 Å². The van der Waals surface area contributed by atoms with Gasteiger partial charge in [-0.3, -0.25) is 0 Å². The highest BCUT2D eigenvalue weighted by Crippen LogP contribution is 1.86. The average molecular weight is 664 g/mol. The molecule has 0 radical (unpaired) electrons. The van der Waals surface area contributed by atoms with Crippen molar-refractivity contribution in [1.29, 1.82) is 0 Å². The van der Waals surface area contributed by atoms with Gasteiger partial charge < -0.3 is 19.8 Å². The number of carbonyl (C=O) groups excluding carboxylic acids is 2. The number of carbonyl (C=O) groups is 2. The van der Waals surface area contributed by atoms with Gasteiger partial charge in [0, 0.05) is 18.4 Å². The first-order valence-electron chi connectivity index (χ1n) is 9.92. The molecule has 0 fully saturated rings. The summed E-state index contributed by atoms with van der Waals surface area (Å²) in [5.74, 6) is -3.25. The van der Waals surface area contributed by atoms with E-state index >= 15 is 0 Å². The lowest BCUT2D eigenvalue weighted by molar-refractivity contribution is -0.597. The van der Waals surface area contributed by atoms with E-state index in [1.807, 2.05) is 0 Å². The summed E-state index contributed by atoms with van der Waals surface area (Å²) in [6.45, 7) is 0. The quantitative estimate of drug-likeness (QED) is 0.159. The summed E-state index contributed by atoms with van der Waals surface area (Å²) in [5, 5.41) is 18.6. The van der Waals surface area contributed by atoms with Gasteiger partial charge in [-0.15, -0.1) is 0 Å². The van der Waals surface area contributed by atoms with Crippen LogP contribution in [0.3, 0.4) is 0 Å². The summed E-state index contributed by atoms with van der Waals surface area (Å²) < 4.78 is 5.92. The van der Waals surface area contributed by atoms with Crippen LogP contribution in [0, 0.1) is 14.3 Å². The van der Waals surface area contributed by atoms with E-state index in [4.69, 9.17) is 0 Å². The summed E-state index contributed by atoms with van der Waals surface area (Å²) in [5.41, 5.74) is 0. The van der Waals surface area contributed by atoms with Gasteiger partial charge in [-0.05, 0) is 48.5 Å². The van der Waals surface area contributed by atoms with Crippen molar-refractivity contribution in [3.8, 4) is 0 Å². The molecule has 0 bridgehead atoms. The van der Waals surface area contributed by atoms with Crippen LogP contribution in [0.4, 0.5) is 0 Å². The summed E-state index contributed by atoms with van der Waals surface area (Å²) in [7, 11) is 0. The van der Waals surface area contributed by atoms with Crippen LogP contribution in [0.5, 0.6) is 0 Å². The van der Waals surface area contributed by atoms with Crippen LogP contribution in [0.2, 0.25) is 0 Å². The van der Waals surface area contributed by atoms with Crippen molar-refractivity contribution >= 4 is 11.9 Å². The fourth-order valence-electron chi connectivity index (χ4n) is 2.28. The monoisotopic (exact) mass is 664 g/mol. The van der Waals surface area contributed by atoms with Gasteiger partial charge in [-0.2, -0.15) is 0 Å². The van der Waals surface area contributed by atoms with Crippen molar-refractivity contribution < 1.29 is 62.2 Å². The van der Waals surface area contributed by atoms with E-state index in [0.29, 0.717) is 0 Å². The van der Waals surface area contributed by atoms with Gasteiger partial charge in [-0.25, -0.2) is 0 Å². The molecule has 4 aromatic rings. The largest absolute Gasteiger partial charge is 0.550 e. The van der Waals surface area contributed by atoms with Gasteiger partial charge in [0.1, 0.15) is 0 Å². The Bertz CT molecular complexity index is 910. The molecule has 0 N–H and O–H groups in total. The fourth-order valence-corrected chi connectivity index (χ4v) is 6.82. The molecule has 6 heteroatoms. The summed E-state index contributed by atoms with van der Waals surface area (Å²) in [6.07, 6.45) is -1.03. The van der Waals surface area contributed by atoms with E-state index in [1.165, 1.54) is 14.3 Å². The van der Waals surface area contributed by atoms with Gasteiger partial charge in [0.25, 0.3) is 0 Å². The van der Waals surface area contributed by atoms with Crippen molar-refractivity contribution in [3.05, 3.63) is 136 Å². The maximum Gasteiger partial charge on any atom is 0.357 e. The molecular weight excluding hydrogens is 642 g/mol. The Morgan fingerprint density at radius 2 is 0.667 bits per heavy atom. The predicted molar refractivity (Wildman–Crippen MR) is 115 cm³/mol. The normalized spacial score (nSPS) is 9.45. The zero-order valence-electron chi connectivity index (χ0n) is 17.6. The smallest absolute Gasteiger partial charge is 0.357 e. The molecule has 0 amide bonds. The molecule has 0 atom stereocenters. The van der Waals surface area contributed by atoms with Crippen molar-refractivity contribution in [2.45, 2.75) is 6.42 Å². The van der Waals surface area contributed by atoms with Crippen LogP contribution >= 0.6 is 0 Å². The van der Waals surface area contributed by atoms with E-state index in [0.717, 1.165) is 0 Å². The average Bonchev–Trinajstić information content (AvgIpc) is 2.82. The Kier molecular flexibility index (Phi) is 12.8. The molecule has 0 heterocycles. The zero-order chi connectivity index (χ0) is 23.7. The first-order valence-corrected chi connectivity index (χ1v) is 14.2. The Balaban J connectivity index is 0.000000185. The second-order valence-electron chi connectivity index (χ2n) is 6.29. The van der Waals surface area contributed by atoms with E-state index in [-0.39, 0.29) is 42.4 Å². The summed E-state index contributed by atoms with van der Waals surface area (Å²) in [4.78, 5) is 18.6. The minimum atomic E-state index is -1.63. The molecule has 0 aliphatic carbocycles. The standard InChI is InChI=1S/2C12H10I.C3H4O4/c2*1-3-7-11(8-4-1)13-12-9-5-2-6-10-12;4-2(5)1-3(6)7/h2*1-10H;1H2,(H,4,5)(H,6,7)/q2*+1;/p-2. The molecule has 0 saturated carbocycles. The number of halogens is 2. The Morgan fingerprint density at radius 1 is 0.455 bits per heavy atom. The highest BCUT2D eigenvalue weighted by atomic mass is 127. The van der Waals surface area contributed by atoms with Gasteiger partial charge in [0.15, 0.2) is 14.3 Å². The van der Waals surface area contributed by atoms with Crippen LogP contribution in [-0.4, -0.2) is 11.9 Å². The molecule has 168 valence electrons. The lowest BCUT2D eigenvalue weighted by atomic mass is 10.4. The molecule has 0 aliphatic heterocycles. The first kappa shape index (κ1) is 26.5. The highest BCUT2D eigenvalue weighted by molar-refractivity contribution is 5.86. The van der Waals surface area contributed by atoms with Crippen molar-refractivity contribution in [2.75, 3.05) is 0 Å². The molecule has 33 heavy (non-hydrogen) atoms. The molecule has 0 spiro atoms. The molecule has 0 aliphatic rings. The van der Waals surface area contributed by atoms with Crippen LogP contribution in [-0.2, 0) is 9.59 Å². The third kappa shape index (κ3) is 12.8. The predicted octanol–water partition coefficient (Wildman–Crippen LogP) is -3.49. The SMILES string of the molecule is O=C([O-])CC(=O)[O-].c1ccc([I+]c2ccccc2)cc1.c1ccc([I+]c2ccccc2)cc1. The van der Waals surface area contributed by atoms with Crippen LogP contribution in [0.15, 0.2) is 121 Å². The van der Waals surface area contributed by atoms with E-state index in [2.05, 4.69) is 121 Å². The molecule has 0 unspecified atom stereocenters. The van der Waals surface area contributed by atoms with Gasteiger partial charge in [0.05, 0.1) is 0 Å². The lowest BCUT2D eigenvalue weighted by Crippen LogP contribution is -3.61. The Hall–Kier alpha value is -2.72. The van der Waals surface area contributed by atoms with Crippen LogP contribution in [0.25, 0.3) is 0 Å². The molecular formula is C27H22I2O4. The van der Waals surface area contributed by atoms with E-state index < -0.39 is 18.4 Å². The second kappa shape index (κ2) is 16.0. The minimum Gasteiger partial charge on any atom is -0.550 e. The highest BCUT2D eigenvalue weighted by Gasteiger charge is 2.13. The number of aliphatic carboxylic acids is 2. The topological polar surface area (TPSA) is 80.3 Å². The molecule has 4 rings (SSSR count). The van der Waals surface area contributed by atoms with Gasteiger partial charge in [0.2, 0.25) is 0 Å². The third-order valence-corrected chi connectivity index (χ3v) is 9.03. The minimum absolute atomic E-state index is 0.0287. The van der Waals surface area contributed by atoms with E-state index in [9.17, 15) is 19.8 Å². The molecule has 4 nitrogen and oxygen atoms in total. The van der Waals surface area contributed by atoms with Crippen LogP contribution < -0.4 is 52.6 Å². The first-order chi connectivity index (χ1) is 16.0. The number of hydrogen-bond acceptors (Lipinski definition) is 4. The summed E-state index contributed by atoms with van der Waals surface area (Å²) >= 11 is 0.0574. The Labute approximate surface area is 214 Å². The van der Waals surface area contributed by atoms with Gasteiger partial charge in [-0.1, -0.05) is 72.8 Å². The fraction of sp³-hybridized carbons (Fsp3) is 0.0370. The summed E-state index contributed by atoms with van der Waals surface area (Å²) in [6, 6.07) is 42.8. The number of rotatable bonds is 6. The van der Waals surface area contributed by atoms with Crippen molar-refractivity contribution in [3.63, 3.8) is 0 Å². The van der Waals surface area contributed by atoms with E-state index in [1.54, 1.807) is 0 Å². The second-order valence-corrected chi connectivity index (χ2v) is 12.4. The molecule has 4 aromatic carbocycles. The number of hydrogen-bond donors (Lipinski definition) is 0. The molecule has 0 aromatic heterocycles. The van der Waals surface area contributed by atoms with Gasteiger partial charge >= 0.3 is 42.4 Å².